The van der Waals surface area contributed by atoms with E-state index in [1.165, 1.54) is 55.3 Å². The fourth-order valence-electron chi connectivity index (χ4n) is 4.89. The van der Waals surface area contributed by atoms with Crippen LogP contribution in [0.3, 0.4) is 0 Å². The van der Waals surface area contributed by atoms with Crippen molar-refractivity contribution in [3.8, 4) is 27.9 Å². The molecule has 0 atom stereocenters. The Kier molecular flexibility index (Phi) is 4.40. The third kappa shape index (κ3) is 2.86. The molecule has 0 bridgehead atoms. The van der Waals surface area contributed by atoms with Gasteiger partial charge in [-0.05, 0) is 47.4 Å². The van der Waals surface area contributed by atoms with Crippen molar-refractivity contribution in [2.24, 2.45) is 0 Å². The smallest absolute Gasteiger partial charge is 0.0625 e. The Morgan fingerprint density at radius 3 is 1.91 bits per heavy atom. The lowest BCUT2D eigenvalue weighted by atomic mass is 9.93. The second kappa shape index (κ2) is 7.55. The van der Waals surface area contributed by atoms with E-state index >= 15 is 0 Å². The fourth-order valence-corrected chi connectivity index (χ4v) is 4.89. The van der Waals surface area contributed by atoms with Gasteiger partial charge in [0.1, 0.15) is 0 Å². The topological polar surface area (TPSA) is 4.93 Å². The number of rotatable bonds is 3. The molecule has 1 heterocycles. The largest absolute Gasteiger partial charge is 0.309 e. The monoisotopic (exact) mass is 409 g/mol. The molecule has 0 radical (unpaired) electrons. The van der Waals surface area contributed by atoms with Crippen LogP contribution in [0.2, 0.25) is 0 Å². The summed E-state index contributed by atoms with van der Waals surface area (Å²) in [5.41, 5.74) is 9.99. The first-order valence-corrected chi connectivity index (χ1v) is 11.1. The number of aromatic nitrogens is 1. The molecule has 6 aromatic rings. The minimum Gasteiger partial charge on any atom is -0.309 e. The van der Waals surface area contributed by atoms with Gasteiger partial charge in [0.05, 0.1) is 11.0 Å². The maximum Gasteiger partial charge on any atom is 0.0625 e. The first kappa shape index (κ1) is 18.7. The van der Waals surface area contributed by atoms with Crippen molar-refractivity contribution < 1.29 is 0 Å². The van der Waals surface area contributed by atoms with Gasteiger partial charge in [0.15, 0.2) is 0 Å². The van der Waals surface area contributed by atoms with Crippen molar-refractivity contribution in [2.45, 2.75) is 6.92 Å². The minimum atomic E-state index is 1.18. The molecule has 1 aromatic heterocycles. The molecule has 0 fully saturated rings. The number of para-hydroxylation sites is 2. The summed E-state index contributed by atoms with van der Waals surface area (Å²) in [5.74, 6) is 0. The van der Waals surface area contributed by atoms with Crippen LogP contribution in [0, 0.1) is 6.92 Å². The van der Waals surface area contributed by atoms with Crippen LogP contribution in [-0.4, -0.2) is 4.57 Å². The molecule has 0 aliphatic carbocycles. The van der Waals surface area contributed by atoms with Gasteiger partial charge in [-0.2, -0.15) is 0 Å². The molecule has 32 heavy (non-hydrogen) atoms. The van der Waals surface area contributed by atoms with E-state index in [1.54, 1.807) is 0 Å². The highest BCUT2D eigenvalue weighted by atomic mass is 15.0. The quantitative estimate of drug-likeness (QED) is 0.276. The number of benzene rings is 5. The molecule has 0 saturated carbocycles. The average Bonchev–Trinajstić information content (AvgIpc) is 3.21. The van der Waals surface area contributed by atoms with Crippen LogP contribution in [0.5, 0.6) is 0 Å². The third-order valence-corrected chi connectivity index (χ3v) is 6.35. The molecule has 0 unspecified atom stereocenters. The fraction of sp³-hybridized carbons (Fsp3) is 0.0323. The summed E-state index contributed by atoms with van der Waals surface area (Å²) in [6.07, 6.45) is 0. The van der Waals surface area contributed by atoms with Gasteiger partial charge in [0.2, 0.25) is 0 Å². The van der Waals surface area contributed by atoms with Crippen LogP contribution in [0.25, 0.3) is 49.7 Å². The van der Waals surface area contributed by atoms with Gasteiger partial charge in [-0.1, -0.05) is 103 Å². The zero-order chi connectivity index (χ0) is 21.5. The van der Waals surface area contributed by atoms with Gasteiger partial charge in [-0.15, -0.1) is 0 Å². The summed E-state index contributed by atoms with van der Waals surface area (Å²) < 4.78 is 2.43. The van der Waals surface area contributed by atoms with E-state index in [1.807, 2.05) is 0 Å². The Bertz CT molecular complexity index is 1560. The predicted octanol–water partition coefficient (Wildman–Crippen LogP) is 8.43. The Morgan fingerprint density at radius 2 is 1.12 bits per heavy atom. The van der Waals surface area contributed by atoms with E-state index in [4.69, 9.17) is 0 Å². The van der Waals surface area contributed by atoms with Gasteiger partial charge < -0.3 is 4.57 Å². The second-order valence-electron chi connectivity index (χ2n) is 8.25. The summed E-state index contributed by atoms with van der Waals surface area (Å²) in [6, 6.07) is 43.5. The predicted molar refractivity (Wildman–Crippen MR) is 136 cm³/mol. The molecular weight excluding hydrogens is 386 g/mol. The van der Waals surface area contributed by atoms with Crippen LogP contribution in [0.15, 0.2) is 121 Å². The molecule has 6 rings (SSSR count). The Balaban J connectivity index is 1.85. The van der Waals surface area contributed by atoms with Gasteiger partial charge >= 0.3 is 0 Å². The Labute approximate surface area is 188 Å². The van der Waals surface area contributed by atoms with Crippen molar-refractivity contribution in [1.29, 1.82) is 0 Å². The number of hydrogen-bond acceptors (Lipinski definition) is 0. The standard InChI is InChI=1S/C31H23N/c1-22-12-8-9-17-25(22)27-21-20-26(23-13-4-2-5-14-23)30-28-18-10-11-19-29(28)32(31(27)30)24-15-6-3-7-16-24/h2-21H,1H3. The van der Waals surface area contributed by atoms with Crippen molar-refractivity contribution in [3.63, 3.8) is 0 Å². The maximum atomic E-state index is 2.43. The second-order valence-corrected chi connectivity index (χ2v) is 8.25. The van der Waals surface area contributed by atoms with E-state index in [2.05, 4.69) is 133 Å². The Hall–Kier alpha value is -4.10. The molecule has 1 nitrogen and oxygen atoms in total. The third-order valence-electron chi connectivity index (χ3n) is 6.35. The highest BCUT2D eigenvalue weighted by Gasteiger charge is 2.20. The van der Waals surface area contributed by atoms with E-state index in [0.717, 1.165) is 0 Å². The Morgan fingerprint density at radius 1 is 0.500 bits per heavy atom. The molecule has 0 aliphatic heterocycles. The molecule has 0 spiro atoms. The van der Waals surface area contributed by atoms with Crippen molar-refractivity contribution in [3.05, 3.63) is 127 Å². The van der Waals surface area contributed by atoms with Gasteiger partial charge in [0.25, 0.3) is 0 Å². The SMILES string of the molecule is Cc1ccccc1-c1ccc(-c2ccccc2)c2c3ccccc3n(-c3ccccc3)c12. The van der Waals surface area contributed by atoms with Crippen LogP contribution in [0.4, 0.5) is 0 Å². The number of hydrogen-bond donors (Lipinski definition) is 0. The van der Waals surface area contributed by atoms with Gasteiger partial charge in [-0.3, -0.25) is 0 Å². The molecule has 0 aliphatic rings. The zero-order valence-electron chi connectivity index (χ0n) is 18.0. The van der Waals surface area contributed by atoms with E-state index < -0.39 is 0 Å². The lowest BCUT2D eigenvalue weighted by molar-refractivity contribution is 1.18. The van der Waals surface area contributed by atoms with Crippen LogP contribution in [0.1, 0.15) is 5.56 Å². The molecule has 0 saturated heterocycles. The van der Waals surface area contributed by atoms with Gasteiger partial charge in [-0.25, -0.2) is 0 Å². The summed E-state index contributed by atoms with van der Waals surface area (Å²) in [7, 11) is 0. The summed E-state index contributed by atoms with van der Waals surface area (Å²) in [4.78, 5) is 0. The lowest BCUT2D eigenvalue weighted by Gasteiger charge is -2.15. The van der Waals surface area contributed by atoms with Crippen LogP contribution >= 0.6 is 0 Å². The highest BCUT2D eigenvalue weighted by Crippen LogP contribution is 2.43. The van der Waals surface area contributed by atoms with E-state index in [0.29, 0.717) is 0 Å². The minimum absolute atomic E-state index is 1.18. The summed E-state index contributed by atoms with van der Waals surface area (Å²) >= 11 is 0. The molecule has 152 valence electrons. The van der Waals surface area contributed by atoms with Crippen molar-refractivity contribution in [1.82, 2.24) is 4.57 Å². The number of nitrogens with zero attached hydrogens (tertiary/aromatic N) is 1. The lowest BCUT2D eigenvalue weighted by Crippen LogP contribution is -1.96. The molecule has 1 heteroatoms. The molecule has 5 aromatic carbocycles. The van der Waals surface area contributed by atoms with E-state index in [-0.39, 0.29) is 0 Å². The van der Waals surface area contributed by atoms with Gasteiger partial charge in [0, 0.05) is 22.0 Å². The van der Waals surface area contributed by atoms with Crippen molar-refractivity contribution in [2.75, 3.05) is 0 Å². The average molecular weight is 410 g/mol. The number of aryl methyl sites for hydroxylation is 1. The molecule has 0 amide bonds. The number of fused-ring (bicyclic) bond motifs is 3. The van der Waals surface area contributed by atoms with Crippen LogP contribution in [-0.2, 0) is 0 Å². The van der Waals surface area contributed by atoms with Crippen LogP contribution < -0.4 is 0 Å². The summed E-state index contributed by atoms with van der Waals surface area (Å²) in [5, 5.41) is 2.58. The normalized spacial score (nSPS) is 11.3. The first-order valence-electron chi connectivity index (χ1n) is 11.1. The molecule has 0 N–H and O–H groups in total. The molecular formula is C31H23N. The first-order chi connectivity index (χ1) is 15.8. The highest BCUT2D eigenvalue weighted by molar-refractivity contribution is 6.19. The summed E-state index contributed by atoms with van der Waals surface area (Å²) in [6.45, 7) is 2.20. The maximum absolute atomic E-state index is 2.43. The van der Waals surface area contributed by atoms with E-state index in [9.17, 15) is 0 Å². The van der Waals surface area contributed by atoms with Crippen molar-refractivity contribution >= 4 is 21.8 Å². The zero-order valence-corrected chi connectivity index (χ0v) is 18.0.